The molecule has 2 unspecified atom stereocenters. The molecule has 0 aromatic carbocycles. The summed E-state index contributed by atoms with van der Waals surface area (Å²) in [5.41, 5.74) is 3.24. The predicted molar refractivity (Wildman–Crippen MR) is 117 cm³/mol. The van der Waals surface area contributed by atoms with Gasteiger partial charge in [0.25, 0.3) is 0 Å². The van der Waals surface area contributed by atoms with Gasteiger partial charge in [-0.3, -0.25) is 10.1 Å². The van der Waals surface area contributed by atoms with E-state index in [1.807, 2.05) is 31.5 Å². The van der Waals surface area contributed by atoms with Gasteiger partial charge in [-0.25, -0.2) is 4.98 Å². The number of rotatable bonds is 4. The minimum absolute atomic E-state index is 0.0333. The number of hydrogen-bond acceptors (Lipinski definition) is 6. The van der Waals surface area contributed by atoms with Crippen LogP contribution in [0.4, 0.5) is 0 Å². The lowest BCUT2D eigenvalue weighted by atomic mass is 9.84. The molecule has 2 aromatic heterocycles. The maximum Gasteiger partial charge on any atom is 0.181 e. The molecule has 2 aliphatic rings. The number of pyridine rings is 1. The van der Waals surface area contributed by atoms with Gasteiger partial charge in [0.2, 0.25) is 0 Å². The Kier molecular flexibility index (Phi) is 5.52. The van der Waals surface area contributed by atoms with E-state index in [0.717, 1.165) is 60.5 Å². The Morgan fingerprint density at radius 2 is 2.21 bits per heavy atom. The van der Waals surface area contributed by atoms with Crippen molar-refractivity contribution in [1.29, 1.82) is 0 Å². The summed E-state index contributed by atoms with van der Waals surface area (Å²) >= 11 is 0. The average molecular weight is 395 g/mol. The van der Waals surface area contributed by atoms with Crippen LogP contribution >= 0.6 is 0 Å². The summed E-state index contributed by atoms with van der Waals surface area (Å²) in [7, 11) is 0. The molecule has 2 aromatic rings. The second-order valence-corrected chi connectivity index (χ2v) is 8.41. The van der Waals surface area contributed by atoms with Crippen LogP contribution < -0.4 is 5.32 Å². The number of allylic oxidation sites excluding steroid dienone is 3. The number of fused-ring (bicyclic) bond motifs is 1. The number of hydrogen-bond donors (Lipinski definition) is 3. The molecule has 2 aliphatic heterocycles. The van der Waals surface area contributed by atoms with Crippen molar-refractivity contribution < 1.29 is 5.11 Å². The minimum atomic E-state index is -0.749. The molecule has 7 heteroatoms. The van der Waals surface area contributed by atoms with Gasteiger partial charge in [0.15, 0.2) is 5.65 Å². The summed E-state index contributed by atoms with van der Waals surface area (Å²) in [5, 5.41) is 22.8. The van der Waals surface area contributed by atoms with Crippen molar-refractivity contribution in [2.24, 2.45) is 10.9 Å². The first-order valence-corrected chi connectivity index (χ1v) is 10.4. The lowest BCUT2D eigenvalue weighted by Crippen LogP contribution is -2.61. The zero-order chi connectivity index (χ0) is 20.4. The lowest BCUT2D eigenvalue weighted by Gasteiger charge is -2.44. The molecule has 0 saturated carbocycles. The van der Waals surface area contributed by atoms with Crippen LogP contribution in [0.5, 0.6) is 0 Å². The molecule has 0 radical (unpaired) electrons. The molecule has 0 amide bonds. The van der Waals surface area contributed by atoms with E-state index < -0.39 is 5.60 Å². The molecule has 4 heterocycles. The number of piperazine rings is 1. The van der Waals surface area contributed by atoms with Crippen LogP contribution in [0.3, 0.4) is 0 Å². The van der Waals surface area contributed by atoms with Gasteiger partial charge in [0, 0.05) is 43.6 Å². The standard InChI is InChI=1S/C22H30N6O/c1-15(2)22(3,29)19-14-28(11-10-24-19)17-7-4-6-16(12-23-13-17)20-18-8-5-9-25-21(18)27-26-20/h5,7-9,12-13,15,19,24,29H,4,6,10-11,14H2,1-3H3,(H,25,26,27)/b16-12+,17-7-,23-13+. The van der Waals surface area contributed by atoms with E-state index in [0.29, 0.717) is 0 Å². The van der Waals surface area contributed by atoms with Gasteiger partial charge < -0.3 is 15.3 Å². The fraction of sp³-hybridized carbons (Fsp3) is 0.500. The first-order valence-electron chi connectivity index (χ1n) is 10.4. The van der Waals surface area contributed by atoms with Crippen LogP contribution in [-0.2, 0) is 0 Å². The highest BCUT2D eigenvalue weighted by Gasteiger charge is 2.37. The molecule has 1 saturated heterocycles. The van der Waals surface area contributed by atoms with E-state index in [2.05, 4.69) is 50.3 Å². The Morgan fingerprint density at radius 3 is 3.03 bits per heavy atom. The maximum absolute atomic E-state index is 10.9. The van der Waals surface area contributed by atoms with Crippen LogP contribution in [0, 0.1) is 5.92 Å². The van der Waals surface area contributed by atoms with Crippen LogP contribution in [-0.4, -0.2) is 62.7 Å². The molecule has 154 valence electrons. The fourth-order valence-corrected chi connectivity index (χ4v) is 3.97. The second-order valence-electron chi connectivity index (χ2n) is 8.41. The third-order valence-electron chi connectivity index (χ3n) is 6.27. The third-order valence-corrected chi connectivity index (χ3v) is 6.27. The zero-order valence-electron chi connectivity index (χ0n) is 17.4. The third kappa shape index (κ3) is 3.97. The summed E-state index contributed by atoms with van der Waals surface area (Å²) in [6, 6.07) is 4.00. The normalized spacial score (nSPS) is 27.5. The van der Waals surface area contributed by atoms with Gasteiger partial charge >= 0.3 is 0 Å². The van der Waals surface area contributed by atoms with E-state index >= 15 is 0 Å². The van der Waals surface area contributed by atoms with E-state index in [4.69, 9.17) is 0 Å². The molecule has 7 nitrogen and oxygen atoms in total. The molecule has 2 atom stereocenters. The lowest BCUT2D eigenvalue weighted by molar-refractivity contribution is -0.0371. The van der Waals surface area contributed by atoms with Gasteiger partial charge in [0.05, 0.1) is 23.0 Å². The number of nitrogens with zero attached hydrogens (tertiary/aromatic N) is 4. The summed E-state index contributed by atoms with van der Waals surface area (Å²) in [5.74, 6) is 0.184. The maximum atomic E-state index is 10.9. The topological polar surface area (TPSA) is 89.4 Å². The summed E-state index contributed by atoms with van der Waals surface area (Å²) < 4.78 is 0. The van der Waals surface area contributed by atoms with Crippen molar-refractivity contribution >= 4 is 22.8 Å². The van der Waals surface area contributed by atoms with Crippen LogP contribution in [0.2, 0.25) is 0 Å². The first kappa shape index (κ1) is 19.8. The molecule has 1 fully saturated rings. The van der Waals surface area contributed by atoms with E-state index in [1.54, 1.807) is 6.20 Å². The number of aliphatic imine (C=N–C) groups is 1. The molecular formula is C22H30N6O. The number of aliphatic hydroxyl groups is 1. The van der Waals surface area contributed by atoms with Crippen molar-refractivity contribution in [3.8, 4) is 0 Å². The number of H-pyrrole nitrogens is 1. The number of nitrogens with one attached hydrogen (secondary N) is 2. The van der Waals surface area contributed by atoms with Crippen molar-refractivity contribution in [3.63, 3.8) is 0 Å². The molecule has 0 aliphatic carbocycles. The Bertz CT molecular complexity index is 955. The van der Waals surface area contributed by atoms with Gasteiger partial charge in [0.1, 0.15) is 0 Å². The summed E-state index contributed by atoms with van der Waals surface area (Å²) in [4.78, 5) is 11.2. The first-order chi connectivity index (χ1) is 14.0. The predicted octanol–water partition coefficient (Wildman–Crippen LogP) is 2.73. The van der Waals surface area contributed by atoms with Gasteiger partial charge in [-0.2, -0.15) is 5.10 Å². The zero-order valence-corrected chi connectivity index (χ0v) is 17.4. The van der Waals surface area contributed by atoms with Crippen molar-refractivity contribution in [2.45, 2.75) is 45.3 Å². The summed E-state index contributed by atoms with van der Waals surface area (Å²) in [6.45, 7) is 8.60. The highest BCUT2D eigenvalue weighted by atomic mass is 16.3. The molecule has 4 rings (SSSR count). The quantitative estimate of drug-likeness (QED) is 0.742. The van der Waals surface area contributed by atoms with Crippen molar-refractivity contribution in [3.05, 3.63) is 42.0 Å². The van der Waals surface area contributed by atoms with E-state index in [9.17, 15) is 5.11 Å². The molecule has 3 N–H and O–H groups in total. The van der Waals surface area contributed by atoms with Crippen LogP contribution in [0.15, 0.2) is 41.3 Å². The Labute approximate surface area is 171 Å². The Morgan fingerprint density at radius 1 is 1.34 bits per heavy atom. The smallest absolute Gasteiger partial charge is 0.181 e. The van der Waals surface area contributed by atoms with E-state index in [-0.39, 0.29) is 12.0 Å². The molecule has 0 spiro atoms. The van der Waals surface area contributed by atoms with Crippen molar-refractivity contribution in [2.75, 3.05) is 19.6 Å². The van der Waals surface area contributed by atoms with Crippen molar-refractivity contribution in [1.82, 2.24) is 25.4 Å². The highest BCUT2D eigenvalue weighted by molar-refractivity contribution is 5.89. The average Bonchev–Trinajstić information content (AvgIpc) is 3.12. The SMILES string of the molecule is CC(C)C(C)(O)C1CN(C2=C/CC\C(c3[nH]nc4ncccc34)=C/N=C/2)CCN1. The fourth-order valence-electron chi connectivity index (χ4n) is 3.97. The molecular weight excluding hydrogens is 364 g/mol. The Hall–Kier alpha value is -2.51. The number of aromatic amines is 1. The molecule has 29 heavy (non-hydrogen) atoms. The minimum Gasteiger partial charge on any atom is -0.388 e. The highest BCUT2D eigenvalue weighted by Crippen LogP contribution is 2.28. The second kappa shape index (κ2) is 8.08. The van der Waals surface area contributed by atoms with Gasteiger partial charge in [-0.05, 0) is 43.4 Å². The summed E-state index contributed by atoms with van der Waals surface area (Å²) in [6.07, 6.45) is 9.67. The monoisotopic (exact) mass is 394 g/mol. The van der Waals surface area contributed by atoms with E-state index in [1.165, 1.54) is 0 Å². The van der Waals surface area contributed by atoms with Gasteiger partial charge in [-0.15, -0.1) is 0 Å². The largest absolute Gasteiger partial charge is 0.388 e. The number of aromatic nitrogens is 3. The van der Waals surface area contributed by atoms with Crippen LogP contribution in [0.25, 0.3) is 16.6 Å². The van der Waals surface area contributed by atoms with Gasteiger partial charge in [-0.1, -0.05) is 19.9 Å². The molecule has 0 bridgehead atoms. The van der Waals surface area contributed by atoms with Crippen LogP contribution in [0.1, 0.15) is 39.3 Å². The Balaban J connectivity index is 1.51.